The smallest absolute Gasteiger partial charge is 0.423 e. The Morgan fingerprint density at radius 1 is 1.38 bits per heavy atom. The van der Waals surface area contributed by atoms with E-state index in [-0.39, 0.29) is 0 Å². The molecule has 1 rings (SSSR count). The topological polar surface area (TPSA) is 52.8 Å². The predicted octanol–water partition coefficient (Wildman–Crippen LogP) is 0.342. The molecule has 0 aromatic heterocycles. The molecule has 13 heavy (non-hydrogen) atoms. The lowest BCUT2D eigenvalue weighted by Gasteiger charge is -2.06. The molecule has 0 saturated heterocycles. The maximum Gasteiger partial charge on any atom is 0.490 e. The first-order valence-electron chi connectivity index (χ1n) is 3.79. The van der Waals surface area contributed by atoms with Crippen LogP contribution in [-0.2, 0) is 0 Å². The second-order valence-corrected chi connectivity index (χ2v) is 2.52. The van der Waals surface area contributed by atoms with Crippen LogP contribution in [-0.4, -0.2) is 23.9 Å². The molecule has 0 saturated carbocycles. The molecule has 3 nitrogen and oxygen atoms in total. The van der Waals surface area contributed by atoms with Crippen LogP contribution < -0.4 is 5.46 Å². The lowest BCUT2D eigenvalue weighted by Crippen LogP contribution is -2.30. The van der Waals surface area contributed by atoms with Crippen LogP contribution in [0.5, 0.6) is 0 Å². The van der Waals surface area contributed by atoms with Crippen molar-refractivity contribution in [1.29, 1.82) is 0 Å². The summed E-state index contributed by atoms with van der Waals surface area (Å²) in [5.74, 6) is 0. The minimum Gasteiger partial charge on any atom is -0.423 e. The molecule has 0 radical (unpaired) electrons. The molecule has 4 heteroatoms. The van der Waals surface area contributed by atoms with Crippen molar-refractivity contribution in [2.24, 2.45) is 4.99 Å². The van der Waals surface area contributed by atoms with Crippen LogP contribution in [0, 0.1) is 0 Å². The molecule has 0 fully saturated rings. The molecule has 0 aliphatic rings. The molecular formula is C9H10BNO2. The molecule has 0 aliphatic heterocycles. The Bertz CT molecular complexity index is 336. The first-order chi connectivity index (χ1) is 6.20. The van der Waals surface area contributed by atoms with Gasteiger partial charge in [0, 0.05) is 5.46 Å². The summed E-state index contributed by atoms with van der Waals surface area (Å²) < 4.78 is 0. The van der Waals surface area contributed by atoms with E-state index in [4.69, 9.17) is 10.0 Å². The summed E-state index contributed by atoms with van der Waals surface area (Å²) in [4.78, 5) is 3.72. The molecule has 2 N–H and O–H groups in total. The average Bonchev–Trinajstić information content (AvgIpc) is 2.16. The third-order valence-corrected chi connectivity index (χ3v) is 1.75. The van der Waals surface area contributed by atoms with E-state index < -0.39 is 7.12 Å². The van der Waals surface area contributed by atoms with Crippen molar-refractivity contribution in [1.82, 2.24) is 0 Å². The van der Waals surface area contributed by atoms with Crippen LogP contribution in [0.25, 0.3) is 6.08 Å². The maximum atomic E-state index is 8.99. The van der Waals surface area contributed by atoms with Gasteiger partial charge < -0.3 is 10.0 Å². The molecular weight excluding hydrogens is 165 g/mol. The van der Waals surface area contributed by atoms with Crippen LogP contribution in [0.3, 0.4) is 0 Å². The van der Waals surface area contributed by atoms with Gasteiger partial charge in [-0.2, -0.15) is 0 Å². The summed E-state index contributed by atoms with van der Waals surface area (Å²) in [6.07, 6.45) is 1.59. The van der Waals surface area contributed by atoms with E-state index in [1.165, 1.54) is 0 Å². The van der Waals surface area contributed by atoms with Crippen molar-refractivity contribution in [3.05, 3.63) is 30.3 Å². The van der Waals surface area contributed by atoms with E-state index in [2.05, 4.69) is 18.3 Å². The van der Waals surface area contributed by atoms with E-state index in [0.717, 1.165) is 5.56 Å². The van der Waals surface area contributed by atoms with Crippen LogP contribution in [0.4, 0.5) is 5.69 Å². The molecule has 66 valence electrons. The first-order valence-corrected chi connectivity index (χ1v) is 3.79. The number of hydrogen-bond donors (Lipinski definition) is 2. The highest BCUT2D eigenvalue weighted by atomic mass is 16.4. The number of nitrogens with zero attached hydrogens (tertiary/aromatic N) is 1. The van der Waals surface area contributed by atoms with Gasteiger partial charge in [0.05, 0.1) is 5.69 Å². The lowest BCUT2D eigenvalue weighted by atomic mass is 9.78. The molecule has 0 atom stereocenters. The summed E-state index contributed by atoms with van der Waals surface area (Å²) in [5.41, 5.74) is 1.54. The summed E-state index contributed by atoms with van der Waals surface area (Å²) in [5, 5.41) is 18.0. The van der Waals surface area contributed by atoms with Crippen molar-refractivity contribution >= 4 is 31.1 Å². The zero-order valence-corrected chi connectivity index (χ0v) is 7.14. The molecule has 0 spiro atoms. The fourth-order valence-corrected chi connectivity index (χ4v) is 1.14. The Morgan fingerprint density at radius 3 is 2.54 bits per heavy atom. The normalized spacial score (nSPS) is 9.38. The largest absolute Gasteiger partial charge is 0.490 e. The van der Waals surface area contributed by atoms with E-state index in [0.29, 0.717) is 11.2 Å². The molecule has 0 heterocycles. The standard InChI is InChI=1S/C9H10BNO2/c1-3-7-5-4-6-8(10(12)13)9(7)11-2/h3-6,12-13H,1-2H2. The fourth-order valence-electron chi connectivity index (χ4n) is 1.14. The maximum absolute atomic E-state index is 8.99. The summed E-state index contributed by atoms with van der Waals surface area (Å²) >= 11 is 0. The van der Waals surface area contributed by atoms with E-state index >= 15 is 0 Å². The first kappa shape index (κ1) is 9.70. The molecule has 0 bridgehead atoms. The van der Waals surface area contributed by atoms with Crippen LogP contribution in [0.15, 0.2) is 29.8 Å². The van der Waals surface area contributed by atoms with Crippen molar-refractivity contribution in [3.63, 3.8) is 0 Å². The zero-order chi connectivity index (χ0) is 9.84. The van der Waals surface area contributed by atoms with Gasteiger partial charge in [-0.15, -0.1) is 0 Å². The highest BCUT2D eigenvalue weighted by Crippen LogP contribution is 2.16. The predicted molar refractivity (Wildman–Crippen MR) is 55.6 cm³/mol. The van der Waals surface area contributed by atoms with Gasteiger partial charge in [-0.25, -0.2) is 0 Å². The van der Waals surface area contributed by atoms with Gasteiger partial charge >= 0.3 is 7.12 Å². The Balaban J connectivity index is 3.35. The minimum absolute atomic E-state index is 0.340. The fraction of sp³-hybridized carbons (Fsp3) is 0. The minimum atomic E-state index is -1.53. The monoisotopic (exact) mass is 175 g/mol. The van der Waals surface area contributed by atoms with Gasteiger partial charge in [-0.3, -0.25) is 4.99 Å². The summed E-state index contributed by atoms with van der Waals surface area (Å²) in [6.45, 7) is 6.95. The SMILES string of the molecule is C=Cc1cccc(B(O)O)c1N=C. The van der Waals surface area contributed by atoms with Gasteiger partial charge in [0.15, 0.2) is 0 Å². The van der Waals surface area contributed by atoms with Gasteiger partial charge in [-0.05, 0) is 12.3 Å². The highest BCUT2D eigenvalue weighted by molar-refractivity contribution is 6.60. The lowest BCUT2D eigenvalue weighted by molar-refractivity contribution is 0.426. The molecule has 0 aliphatic carbocycles. The number of para-hydroxylation sites is 1. The molecule has 1 aromatic rings. The Morgan fingerprint density at radius 2 is 2.08 bits per heavy atom. The van der Waals surface area contributed by atoms with Crippen molar-refractivity contribution in [2.75, 3.05) is 0 Å². The van der Waals surface area contributed by atoms with E-state index in [1.807, 2.05) is 0 Å². The summed E-state index contributed by atoms with van der Waals surface area (Å²) in [6, 6.07) is 5.07. The van der Waals surface area contributed by atoms with Crippen LogP contribution in [0.1, 0.15) is 5.56 Å². The van der Waals surface area contributed by atoms with Gasteiger partial charge in [-0.1, -0.05) is 30.9 Å². The molecule has 1 aromatic carbocycles. The van der Waals surface area contributed by atoms with Crippen LogP contribution in [0.2, 0.25) is 0 Å². The van der Waals surface area contributed by atoms with Gasteiger partial charge in [0.2, 0.25) is 0 Å². The van der Waals surface area contributed by atoms with Gasteiger partial charge in [0.1, 0.15) is 0 Å². The van der Waals surface area contributed by atoms with Gasteiger partial charge in [0.25, 0.3) is 0 Å². The Kier molecular flexibility index (Phi) is 3.00. The van der Waals surface area contributed by atoms with Crippen molar-refractivity contribution in [3.8, 4) is 0 Å². The Labute approximate surface area is 77.2 Å². The summed E-state index contributed by atoms with van der Waals surface area (Å²) in [7, 11) is -1.53. The zero-order valence-electron chi connectivity index (χ0n) is 7.14. The third kappa shape index (κ3) is 1.85. The van der Waals surface area contributed by atoms with E-state index in [9.17, 15) is 0 Å². The number of rotatable bonds is 3. The molecule has 0 unspecified atom stereocenters. The second kappa shape index (κ2) is 4.02. The number of aliphatic imine (C=N–C) groups is 1. The van der Waals surface area contributed by atoms with Crippen molar-refractivity contribution in [2.45, 2.75) is 0 Å². The van der Waals surface area contributed by atoms with E-state index in [1.54, 1.807) is 24.3 Å². The Hall–Kier alpha value is -1.39. The quantitative estimate of drug-likeness (QED) is 0.514. The van der Waals surface area contributed by atoms with Crippen molar-refractivity contribution < 1.29 is 10.0 Å². The average molecular weight is 175 g/mol. The third-order valence-electron chi connectivity index (χ3n) is 1.75. The van der Waals surface area contributed by atoms with Crippen LogP contribution >= 0.6 is 0 Å². The number of benzene rings is 1. The second-order valence-electron chi connectivity index (χ2n) is 2.52. The highest BCUT2D eigenvalue weighted by Gasteiger charge is 2.16. The number of hydrogen-bond acceptors (Lipinski definition) is 3. The molecule has 0 amide bonds.